The second-order valence-electron chi connectivity index (χ2n) is 5.62. The maximum absolute atomic E-state index is 12.4. The molecule has 134 valence electrons. The molecule has 0 aliphatic rings. The van der Waals surface area contributed by atoms with Crippen molar-refractivity contribution >= 4 is 23.3 Å². The van der Waals surface area contributed by atoms with E-state index in [9.17, 15) is 4.79 Å². The quantitative estimate of drug-likeness (QED) is 0.711. The molecule has 1 N–H and O–H groups in total. The number of carbonyl (C=O) groups is 1. The first-order chi connectivity index (χ1) is 12.6. The van der Waals surface area contributed by atoms with Crippen LogP contribution in [0.15, 0.2) is 67.0 Å². The van der Waals surface area contributed by atoms with Crippen LogP contribution in [0.5, 0.6) is 5.75 Å². The Bertz CT molecular complexity index is 850. The average Bonchev–Trinajstić information content (AvgIpc) is 3.18. The van der Waals surface area contributed by atoms with Gasteiger partial charge in [-0.25, -0.2) is 9.48 Å². The van der Waals surface area contributed by atoms with Crippen molar-refractivity contribution in [3.05, 3.63) is 72.0 Å². The first kappa shape index (κ1) is 17.8. The highest BCUT2D eigenvalue weighted by Gasteiger charge is 2.12. The highest BCUT2D eigenvalue weighted by Crippen LogP contribution is 2.19. The topological polar surface area (TPSA) is 59.4 Å². The summed E-state index contributed by atoms with van der Waals surface area (Å²) in [5, 5.41) is 7.78. The zero-order chi connectivity index (χ0) is 18.4. The van der Waals surface area contributed by atoms with E-state index in [0.717, 1.165) is 5.69 Å². The lowest BCUT2D eigenvalue weighted by Gasteiger charge is -2.19. The molecular weight excluding hydrogens is 352 g/mol. The molecule has 0 spiro atoms. The summed E-state index contributed by atoms with van der Waals surface area (Å²) in [7, 11) is 1.72. The number of carbonyl (C=O) groups excluding carboxylic acids is 1. The zero-order valence-corrected chi connectivity index (χ0v) is 15.1. The number of likely N-dealkylation sites (N-methyl/N-ethyl adjacent to an activating group) is 1. The van der Waals surface area contributed by atoms with Crippen LogP contribution < -0.4 is 10.1 Å². The Balaban J connectivity index is 1.55. The average molecular weight is 371 g/mol. The van der Waals surface area contributed by atoms with Gasteiger partial charge in [-0.2, -0.15) is 5.10 Å². The van der Waals surface area contributed by atoms with Crippen molar-refractivity contribution in [2.75, 3.05) is 25.5 Å². The highest BCUT2D eigenvalue weighted by atomic mass is 35.5. The van der Waals surface area contributed by atoms with Crippen molar-refractivity contribution in [3.63, 3.8) is 0 Å². The number of halogens is 1. The Labute approximate surface area is 157 Å². The van der Waals surface area contributed by atoms with E-state index in [-0.39, 0.29) is 6.03 Å². The van der Waals surface area contributed by atoms with Gasteiger partial charge in [0, 0.05) is 24.5 Å². The second-order valence-corrected chi connectivity index (χ2v) is 6.06. The van der Waals surface area contributed by atoms with Crippen LogP contribution in [0.1, 0.15) is 0 Å². The van der Waals surface area contributed by atoms with E-state index in [4.69, 9.17) is 16.3 Å². The van der Waals surface area contributed by atoms with Crippen LogP contribution in [0.2, 0.25) is 5.02 Å². The molecule has 2 amide bonds. The van der Waals surface area contributed by atoms with E-state index in [1.165, 1.54) is 0 Å². The molecule has 7 heteroatoms. The largest absolute Gasteiger partial charge is 0.492 e. The summed E-state index contributed by atoms with van der Waals surface area (Å²) in [4.78, 5) is 14.0. The van der Waals surface area contributed by atoms with Gasteiger partial charge in [-0.1, -0.05) is 23.7 Å². The van der Waals surface area contributed by atoms with Gasteiger partial charge in [-0.15, -0.1) is 0 Å². The third kappa shape index (κ3) is 4.55. The minimum absolute atomic E-state index is 0.218. The van der Waals surface area contributed by atoms with E-state index < -0.39 is 0 Å². The molecule has 0 saturated heterocycles. The van der Waals surface area contributed by atoms with Crippen molar-refractivity contribution in [2.24, 2.45) is 0 Å². The fourth-order valence-corrected chi connectivity index (χ4v) is 2.46. The molecule has 3 rings (SSSR count). The van der Waals surface area contributed by atoms with Crippen molar-refractivity contribution in [1.82, 2.24) is 14.7 Å². The molecule has 2 aromatic carbocycles. The molecule has 0 saturated carbocycles. The Morgan fingerprint density at radius 2 is 1.96 bits per heavy atom. The number of nitrogens with zero attached hydrogens (tertiary/aromatic N) is 3. The van der Waals surface area contributed by atoms with E-state index in [1.54, 1.807) is 47.1 Å². The van der Waals surface area contributed by atoms with Gasteiger partial charge in [0.05, 0.1) is 17.9 Å². The number of urea groups is 1. The van der Waals surface area contributed by atoms with Crippen LogP contribution in [0.3, 0.4) is 0 Å². The number of nitrogens with one attached hydrogen (secondary N) is 1. The van der Waals surface area contributed by atoms with E-state index >= 15 is 0 Å². The summed E-state index contributed by atoms with van der Waals surface area (Å²) < 4.78 is 7.33. The molecular formula is C19H19ClN4O2. The normalized spacial score (nSPS) is 10.4. The van der Waals surface area contributed by atoms with Gasteiger partial charge in [-0.3, -0.25) is 0 Å². The molecule has 0 unspecified atom stereocenters. The van der Waals surface area contributed by atoms with Gasteiger partial charge >= 0.3 is 6.03 Å². The van der Waals surface area contributed by atoms with E-state index in [1.807, 2.05) is 36.5 Å². The lowest BCUT2D eigenvalue weighted by atomic mass is 10.2. The highest BCUT2D eigenvalue weighted by molar-refractivity contribution is 6.30. The zero-order valence-electron chi connectivity index (χ0n) is 14.3. The monoisotopic (exact) mass is 370 g/mol. The first-order valence-corrected chi connectivity index (χ1v) is 8.51. The number of anilines is 1. The first-order valence-electron chi connectivity index (χ1n) is 8.13. The standard InChI is InChI=1S/C19H19ClN4O2/c1-23(13-14-26-16-9-7-15(20)8-10-16)19(25)22-17-5-2-3-6-18(17)24-12-4-11-21-24/h2-12H,13-14H2,1H3,(H,22,25). The van der Waals surface area contributed by atoms with Gasteiger partial charge in [0.2, 0.25) is 0 Å². The van der Waals surface area contributed by atoms with Crippen molar-refractivity contribution < 1.29 is 9.53 Å². The predicted octanol–water partition coefficient (Wildman–Crippen LogP) is 4.07. The second kappa shape index (κ2) is 8.40. The van der Waals surface area contributed by atoms with Crippen molar-refractivity contribution in [2.45, 2.75) is 0 Å². The number of ether oxygens (including phenoxy) is 1. The number of aromatic nitrogens is 2. The van der Waals surface area contributed by atoms with Gasteiger partial charge in [-0.05, 0) is 42.5 Å². The summed E-state index contributed by atoms with van der Waals surface area (Å²) in [6.07, 6.45) is 3.52. The molecule has 0 aliphatic heterocycles. The van der Waals surface area contributed by atoms with Crippen LogP contribution in [0, 0.1) is 0 Å². The number of hydrogen-bond donors (Lipinski definition) is 1. The predicted molar refractivity (Wildman–Crippen MR) is 102 cm³/mol. The number of amides is 2. The summed E-state index contributed by atoms with van der Waals surface area (Å²) >= 11 is 5.84. The molecule has 0 fully saturated rings. The molecule has 1 aromatic heterocycles. The molecule has 6 nitrogen and oxygen atoms in total. The molecule has 0 radical (unpaired) electrons. The van der Waals surface area contributed by atoms with E-state index in [2.05, 4.69) is 10.4 Å². The van der Waals surface area contributed by atoms with E-state index in [0.29, 0.717) is 29.6 Å². The SMILES string of the molecule is CN(CCOc1ccc(Cl)cc1)C(=O)Nc1ccccc1-n1cccn1. The third-order valence-corrected chi connectivity index (χ3v) is 4.00. The number of benzene rings is 2. The maximum Gasteiger partial charge on any atom is 0.321 e. The van der Waals surface area contributed by atoms with Gasteiger partial charge in [0.15, 0.2) is 0 Å². The van der Waals surface area contributed by atoms with Crippen LogP contribution >= 0.6 is 11.6 Å². The Morgan fingerprint density at radius 3 is 2.69 bits per heavy atom. The number of hydrogen-bond acceptors (Lipinski definition) is 3. The molecule has 1 heterocycles. The van der Waals surface area contributed by atoms with Gasteiger partial charge < -0.3 is 15.0 Å². The van der Waals surface area contributed by atoms with Crippen LogP contribution in [0.25, 0.3) is 5.69 Å². The smallest absolute Gasteiger partial charge is 0.321 e. The Kier molecular flexibility index (Phi) is 5.76. The van der Waals surface area contributed by atoms with Crippen molar-refractivity contribution in [1.29, 1.82) is 0 Å². The fraction of sp³-hybridized carbons (Fsp3) is 0.158. The maximum atomic E-state index is 12.4. The van der Waals surface area contributed by atoms with Crippen LogP contribution in [0.4, 0.5) is 10.5 Å². The fourth-order valence-electron chi connectivity index (χ4n) is 2.33. The minimum atomic E-state index is -0.218. The summed E-state index contributed by atoms with van der Waals surface area (Å²) in [5.74, 6) is 0.715. The third-order valence-electron chi connectivity index (χ3n) is 3.75. The Hall–Kier alpha value is -2.99. The lowest BCUT2D eigenvalue weighted by molar-refractivity contribution is 0.207. The summed E-state index contributed by atoms with van der Waals surface area (Å²) in [6.45, 7) is 0.824. The molecule has 0 aliphatic carbocycles. The van der Waals surface area contributed by atoms with Gasteiger partial charge in [0.1, 0.15) is 12.4 Å². The van der Waals surface area contributed by atoms with Gasteiger partial charge in [0.25, 0.3) is 0 Å². The number of para-hydroxylation sites is 2. The summed E-state index contributed by atoms with van der Waals surface area (Å²) in [5.41, 5.74) is 1.49. The van der Waals surface area contributed by atoms with Crippen LogP contribution in [-0.4, -0.2) is 40.9 Å². The molecule has 0 atom stereocenters. The lowest BCUT2D eigenvalue weighted by Crippen LogP contribution is -2.34. The number of rotatable bonds is 6. The molecule has 0 bridgehead atoms. The van der Waals surface area contributed by atoms with Crippen LogP contribution in [-0.2, 0) is 0 Å². The summed E-state index contributed by atoms with van der Waals surface area (Å²) in [6, 6.07) is 16.2. The Morgan fingerprint density at radius 1 is 1.19 bits per heavy atom. The minimum Gasteiger partial charge on any atom is -0.492 e. The molecule has 3 aromatic rings. The van der Waals surface area contributed by atoms with Crippen molar-refractivity contribution in [3.8, 4) is 11.4 Å². The molecule has 26 heavy (non-hydrogen) atoms.